The molecule has 1 fully saturated rings. The molecule has 9 nitrogen and oxygen atoms in total. The third-order valence-corrected chi connectivity index (χ3v) is 6.65. The number of anilines is 2. The highest BCUT2D eigenvalue weighted by molar-refractivity contribution is 7.90. The molecule has 4 rings (SSSR count). The molecule has 3 heterocycles. The van der Waals surface area contributed by atoms with Crippen LogP contribution in [-0.2, 0) is 10.0 Å². The Morgan fingerprint density at radius 3 is 2.74 bits per heavy atom. The van der Waals surface area contributed by atoms with Crippen LogP contribution in [-0.4, -0.2) is 65.7 Å². The minimum absolute atomic E-state index is 0.0139. The van der Waals surface area contributed by atoms with Crippen LogP contribution in [0, 0.1) is 6.92 Å². The van der Waals surface area contributed by atoms with E-state index in [4.69, 9.17) is 0 Å². The number of aryl methyl sites for hydroxylation is 1. The number of hydrogen-bond donors (Lipinski definition) is 2. The number of piperazine rings is 1. The van der Waals surface area contributed by atoms with Crippen molar-refractivity contribution in [2.24, 2.45) is 4.40 Å². The predicted octanol–water partition coefficient (Wildman–Crippen LogP) is 2.59. The molecule has 0 saturated carbocycles. The summed E-state index contributed by atoms with van der Waals surface area (Å²) in [5.74, 6) is 1.20. The first-order valence-electron chi connectivity index (χ1n) is 10.3. The van der Waals surface area contributed by atoms with Gasteiger partial charge in [-0.2, -0.15) is 0 Å². The second kappa shape index (κ2) is 8.54. The van der Waals surface area contributed by atoms with Gasteiger partial charge in [0.15, 0.2) is 0 Å². The van der Waals surface area contributed by atoms with E-state index in [0.29, 0.717) is 25.6 Å². The lowest BCUT2D eigenvalue weighted by Crippen LogP contribution is -2.56. The fourth-order valence-corrected chi connectivity index (χ4v) is 4.34. The fourth-order valence-electron chi connectivity index (χ4n) is 3.80. The van der Waals surface area contributed by atoms with E-state index in [-0.39, 0.29) is 11.8 Å². The molecule has 0 aliphatic carbocycles. The van der Waals surface area contributed by atoms with Crippen molar-refractivity contribution < 1.29 is 8.42 Å². The second-order valence-corrected chi connectivity index (χ2v) is 9.58. The first kappa shape index (κ1) is 21.1. The Balaban J connectivity index is 1.61. The maximum Gasteiger partial charge on any atom is 0.256 e. The third kappa shape index (κ3) is 4.48. The van der Waals surface area contributed by atoms with Crippen LogP contribution in [0.15, 0.2) is 47.3 Å². The molecule has 2 aromatic heterocycles. The average molecular weight is 442 g/mol. The Bertz CT molecular complexity index is 1190. The number of aromatic amines is 1. The van der Waals surface area contributed by atoms with Crippen LogP contribution in [0.2, 0.25) is 0 Å². The molecule has 10 heteroatoms. The normalized spacial score (nSPS) is 17.9. The van der Waals surface area contributed by atoms with E-state index in [1.165, 1.54) is 0 Å². The summed E-state index contributed by atoms with van der Waals surface area (Å²) in [6, 6.07) is 9.50. The highest BCUT2D eigenvalue weighted by atomic mass is 32.2. The Hall–Kier alpha value is -3.14. The lowest BCUT2D eigenvalue weighted by molar-refractivity contribution is 0.297. The number of rotatable bonds is 4. The van der Waals surface area contributed by atoms with Crippen LogP contribution in [0.1, 0.15) is 19.4 Å². The van der Waals surface area contributed by atoms with Gasteiger partial charge in [0.05, 0.1) is 11.1 Å². The van der Waals surface area contributed by atoms with Crippen molar-refractivity contribution >= 4 is 38.5 Å². The SMILES string of the molecule is CCS(=O)(=O)N=C(Nc1ccccc1)N1CCN(c2ncnc3[nH]cc(C)c23)C[C@@H]1C. The Labute approximate surface area is 182 Å². The van der Waals surface area contributed by atoms with Gasteiger partial charge in [0, 0.05) is 37.6 Å². The molecule has 3 aromatic rings. The Kier molecular flexibility index (Phi) is 5.81. The molecule has 1 aliphatic heterocycles. The Morgan fingerprint density at radius 1 is 1.26 bits per heavy atom. The van der Waals surface area contributed by atoms with Crippen molar-refractivity contribution in [3.63, 3.8) is 0 Å². The summed E-state index contributed by atoms with van der Waals surface area (Å²) in [6.45, 7) is 7.67. The summed E-state index contributed by atoms with van der Waals surface area (Å²) in [4.78, 5) is 16.3. The first-order chi connectivity index (χ1) is 14.9. The maximum absolute atomic E-state index is 12.3. The zero-order valence-corrected chi connectivity index (χ0v) is 18.7. The molecule has 164 valence electrons. The van der Waals surface area contributed by atoms with Gasteiger partial charge in [-0.25, -0.2) is 18.4 Å². The fraction of sp³-hybridized carbons (Fsp3) is 0.381. The van der Waals surface area contributed by atoms with Crippen LogP contribution in [0.4, 0.5) is 11.5 Å². The number of nitrogens with zero attached hydrogens (tertiary/aromatic N) is 5. The predicted molar refractivity (Wildman–Crippen MR) is 124 cm³/mol. The minimum Gasteiger partial charge on any atom is -0.352 e. The van der Waals surface area contributed by atoms with Crippen molar-refractivity contribution in [1.82, 2.24) is 19.9 Å². The monoisotopic (exact) mass is 441 g/mol. The molecule has 0 spiro atoms. The highest BCUT2D eigenvalue weighted by Crippen LogP contribution is 2.27. The topological polar surface area (TPSA) is 107 Å². The summed E-state index contributed by atoms with van der Waals surface area (Å²) in [5, 5.41) is 4.23. The molecule has 1 aliphatic rings. The van der Waals surface area contributed by atoms with Crippen molar-refractivity contribution in [3.05, 3.63) is 48.4 Å². The Morgan fingerprint density at radius 2 is 2.03 bits per heavy atom. The number of fused-ring (bicyclic) bond motifs is 1. The first-order valence-corrected chi connectivity index (χ1v) is 11.9. The lowest BCUT2D eigenvalue weighted by Gasteiger charge is -2.42. The van der Waals surface area contributed by atoms with E-state index in [9.17, 15) is 8.42 Å². The van der Waals surface area contributed by atoms with Crippen LogP contribution in [0.3, 0.4) is 0 Å². The summed E-state index contributed by atoms with van der Waals surface area (Å²) in [7, 11) is -3.56. The minimum atomic E-state index is -3.56. The zero-order chi connectivity index (χ0) is 22.0. The van der Waals surface area contributed by atoms with Gasteiger partial charge < -0.3 is 20.1 Å². The summed E-state index contributed by atoms with van der Waals surface area (Å²) in [5.41, 5.74) is 2.71. The van der Waals surface area contributed by atoms with Crippen molar-refractivity contribution in [1.29, 1.82) is 0 Å². The van der Waals surface area contributed by atoms with Gasteiger partial charge in [-0.1, -0.05) is 18.2 Å². The molecule has 0 amide bonds. The van der Waals surface area contributed by atoms with Crippen LogP contribution < -0.4 is 10.2 Å². The van der Waals surface area contributed by atoms with E-state index >= 15 is 0 Å². The van der Waals surface area contributed by atoms with Gasteiger partial charge in [0.25, 0.3) is 10.0 Å². The second-order valence-electron chi connectivity index (χ2n) is 7.66. The summed E-state index contributed by atoms with van der Waals surface area (Å²) >= 11 is 0. The van der Waals surface area contributed by atoms with Crippen molar-refractivity contribution in [2.75, 3.05) is 35.6 Å². The molecule has 31 heavy (non-hydrogen) atoms. The van der Waals surface area contributed by atoms with Gasteiger partial charge in [-0.15, -0.1) is 4.40 Å². The van der Waals surface area contributed by atoms with Crippen LogP contribution in [0.5, 0.6) is 0 Å². The summed E-state index contributed by atoms with van der Waals surface area (Å²) in [6.07, 6.45) is 3.51. The van der Waals surface area contributed by atoms with E-state index in [1.807, 2.05) is 48.4 Å². The molecular weight excluding hydrogens is 414 g/mol. The van der Waals surface area contributed by atoms with Gasteiger partial charge >= 0.3 is 0 Å². The van der Waals surface area contributed by atoms with Gasteiger partial charge in [-0.3, -0.25) is 0 Å². The number of aromatic nitrogens is 3. The van der Waals surface area contributed by atoms with Crippen molar-refractivity contribution in [2.45, 2.75) is 26.8 Å². The number of hydrogen-bond acceptors (Lipinski definition) is 5. The van der Waals surface area contributed by atoms with Crippen molar-refractivity contribution in [3.8, 4) is 0 Å². The molecule has 1 atom stereocenters. The number of benzene rings is 1. The van der Waals surface area contributed by atoms with Crippen LogP contribution in [0.25, 0.3) is 11.0 Å². The summed E-state index contributed by atoms with van der Waals surface area (Å²) < 4.78 is 28.7. The van der Waals surface area contributed by atoms with Gasteiger partial charge in [0.2, 0.25) is 5.96 Å². The quantitative estimate of drug-likeness (QED) is 0.473. The highest BCUT2D eigenvalue weighted by Gasteiger charge is 2.29. The average Bonchev–Trinajstić information content (AvgIpc) is 3.15. The van der Waals surface area contributed by atoms with Gasteiger partial charge in [-0.05, 0) is 38.5 Å². The van der Waals surface area contributed by atoms with E-state index in [0.717, 1.165) is 28.1 Å². The lowest BCUT2D eigenvalue weighted by atomic mass is 10.1. The zero-order valence-electron chi connectivity index (χ0n) is 17.9. The largest absolute Gasteiger partial charge is 0.352 e. The third-order valence-electron chi connectivity index (χ3n) is 5.47. The molecule has 0 bridgehead atoms. The maximum atomic E-state index is 12.3. The number of para-hydroxylation sites is 1. The molecule has 1 saturated heterocycles. The number of guanidine groups is 1. The molecule has 2 N–H and O–H groups in total. The van der Waals surface area contributed by atoms with Crippen LogP contribution >= 0.6 is 0 Å². The molecular formula is C21H27N7O2S. The molecule has 0 radical (unpaired) electrons. The van der Waals surface area contributed by atoms with E-state index < -0.39 is 10.0 Å². The number of H-pyrrole nitrogens is 1. The van der Waals surface area contributed by atoms with E-state index in [1.54, 1.807) is 13.3 Å². The molecule has 1 aromatic carbocycles. The van der Waals surface area contributed by atoms with Gasteiger partial charge in [0.1, 0.15) is 17.8 Å². The number of nitrogens with one attached hydrogen (secondary N) is 2. The smallest absolute Gasteiger partial charge is 0.256 e. The molecule has 0 unspecified atom stereocenters. The van der Waals surface area contributed by atoms with E-state index in [2.05, 4.69) is 36.5 Å². The number of sulfonamides is 1. The standard InChI is InChI=1S/C21H27N7O2S/c1-4-31(29,30)26-21(25-17-8-6-5-7-9-17)28-11-10-27(13-16(28)3)20-18-15(2)12-22-19(18)23-14-24-20/h5-9,12,14,16H,4,10-11,13H2,1-3H3,(H,25,26)(H,22,23,24)/t16-/m0/s1.